The van der Waals surface area contributed by atoms with Gasteiger partial charge in [-0.3, -0.25) is 4.79 Å². The number of phenolic OH excluding ortho intramolecular Hbond substituents is 1. The van der Waals surface area contributed by atoms with Crippen molar-refractivity contribution in [1.82, 2.24) is 5.32 Å². The van der Waals surface area contributed by atoms with E-state index in [2.05, 4.69) is 38.2 Å². The molecule has 28 heavy (non-hydrogen) atoms. The molecule has 0 atom stereocenters. The fraction of sp³-hybridized carbons (Fsp3) is 0.435. The van der Waals surface area contributed by atoms with Gasteiger partial charge in [-0.05, 0) is 72.1 Å². The Hall–Kier alpha value is -1.65. The number of halogens is 1. The quantitative estimate of drug-likeness (QED) is 0.589. The van der Waals surface area contributed by atoms with Gasteiger partial charge in [0, 0.05) is 16.8 Å². The van der Waals surface area contributed by atoms with Crippen molar-refractivity contribution in [3.8, 4) is 5.75 Å². The molecule has 2 aromatic carbocycles. The minimum atomic E-state index is 0.125. The zero-order valence-electron chi connectivity index (χ0n) is 16.7. The number of aromatic hydroxyl groups is 1. The molecule has 2 N–H and O–H groups in total. The molecule has 0 unspecified atom stereocenters. The maximum absolute atomic E-state index is 11.8. The number of carbonyl (C=O) groups excluding carboxylic acids is 1. The van der Waals surface area contributed by atoms with Crippen molar-refractivity contribution in [1.29, 1.82) is 0 Å². The summed E-state index contributed by atoms with van der Waals surface area (Å²) in [6, 6.07) is 10.4. The van der Waals surface area contributed by atoms with E-state index in [1.807, 2.05) is 12.1 Å². The highest BCUT2D eigenvalue weighted by atomic mass is 35.5. The number of benzene rings is 2. The van der Waals surface area contributed by atoms with E-state index in [4.69, 9.17) is 11.6 Å². The monoisotopic (exact) mass is 417 g/mol. The van der Waals surface area contributed by atoms with Gasteiger partial charge in [0.1, 0.15) is 5.75 Å². The Morgan fingerprint density at radius 3 is 2.64 bits per heavy atom. The highest BCUT2D eigenvalue weighted by Gasteiger charge is 2.22. The fourth-order valence-corrected chi connectivity index (χ4v) is 4.42. The third-order valence-corrected chi connectivity index (χ3v) is 6.36. The molecule has 3 nitrogen and oxygen atoms in total. The first-order valence-corrected chi connectivity index (χ1v) is 11.3. The van der Waals surface area contributed by atoms with Gasteiger partial charge in [-0.2, -0.15) is 0 Å². The van der Waals surface area contributed by atoms with Crippen LogP contribution in [0.2, 0.25) is 5.02 Å². The Morgan fingerprint density at radius 2 is 2.00 bits per heavy atom. The van der Waals surface area contributed by atoms with Crippen LogP contribution in [0.5, 0.6) is 5.75 Å². The highest BCUT2D eigenvalue weighted by molar-refractivity contribution is 7.99. The SMILES string of the molecule is Cc1cc(CSCC(=O)NC2CC2)cc(Cl)c1Cc1ccc(O)c(C(C)C)c1. The second-order valence-corrected chi connectivity index (χ2v) is 9.33. The largest absolute Gasteiger partial charge is 0.508 e. The van der Waals surface area contributed by atoms with E-state index in [0.29, 0.717) is 17.5 Å². The van der Waals surface area contributed by atoms with Gasteiger partial charge in [-0.25, -0.2) is 0 Å². The van der Waals surface area contributed by atoms with Gasteiger partial charge in [-0.15, -0.1) is 11.8 Å². The van der Waals surface area contributed by atoms with E-state index in [1.54, 1.807) is 17.8 Å². The lowest BCUT2D eigenvalue weighted by molar-refractivity contribution is -0.118. The molecule has 0 radical (unpaired) electrons. The molecular weight excluding hydrogens is 390 g/mol. The van der Waals surface area contributed by atoms with E-state index in [-0.39, 0.29) is 11.8 Å². The van der Waals surface area contributed by atoms with Crippen molar-refractivity contribution in [2.75, 3.05) is 5.75 Å². The van der Waals surface area contributed by atoms with Crippen molar-refractivity contribution < 1.29 is 9.90 Å². The molecule has 150 valence electrons. The maximum atomic E-state index is 11.8. The third kappa shape index (κ3) is 5.68. The van der Waals surface area contributed by atoms with Crippen LogP contribution >= 0.6 is 23.4 Å². The molecule has 0 aromatic heterocycles. The van der Waals surface area contributed by atoms with Crippen LogP contribution in [0, 0.1) is 6.92 Å². The Morgan fingerprint density at radius 1 is 1.25 bits per heavy atom. The number of aryl methyl sites for hydroxylation is 1. The maximum Gasteiger partial charge on any atom is 0.230 e. The zero-order valence-corrected chi connectivity index (χ0v) is 18.3. The molecule has 5 heteroatoms. The fourth-order valence-electron chi connectivity index (χ4n) is 3.29. The van der Waals surface area contributed by atoms with Crippen molar-refractivity contribution in [2.45, 2.75) is 57.7 Å². The summed E-state index contributed by atoms with van der Waals surface area (Å²) in [7, 11) is 0. The molecule has 1 saturated carbocycles. The molecule has 0 heterocycles. The molecule has 1 aliphatic rings. The minimum Gasteiger partial charge on any atom is -0.508 e. The molecule has 1 amide bonds. The van der Waals surface area contributed by atoms with Crippen LogP contribution in [0.3, 0.4) is 0 Å². The highest BCUT2D eigenvalue weighted by Crippen LogP contribution is 2.30. The first-order valence-electron chi connectivity index (χ1n) is 9.80. The van der Waals surface area contributed by atoms with Gasteiger partial charge in [-0.1, -0.05) is 43.6 Å². The average Bonchev–Trinajstić information content (AvgIpc) is 3.43. The van der Waals surface area contributed by atoms with Gasteiger partial charge in [0.05, 0.1) is 5.75 Å². The Kier molecular flexibility index (Phi) is 6.95. The Bertz CT molecular complexity index is 839. The normalized spacial score (nSPS) is 13.8. The van der Waals surface area contributed by atoms with E-state index in [1.165, 1.54) is 0 Å². The second kappa shape index (κ2) is 9.23. The van der Waals surface area contributed by atoms with E-state index < -0.39 is 0 Å². The average molecular weight is 418 g/mol. The second-order valence-electron chi connectivity index (χ2n) is 7.93. The molecule has 0 spiro atoms. The predicted molar refractivity (Wildman–Crippen MR) is 119 cm³/mol. The van der Waals surface area contributed by atoms with Crippen molar-refractivity contribution >= 4 is 29.3 Å². The van der Waals surface area contributed by atoms with E-state index in [0.717, 1.165) is 57.9 Å². The standard InChI is InChI=1S/C23H28ClNO2S/c1-14(2)19-9-16(4-7-22(19)26)10-20-15(3)8-17(11-21(20)24)12-28-13-23(27)25-18-5-6-18/h4,7-9,11,14,18,26H,5-6,10,12-13H2,1-3H3,(H,25,27). The summed E-state index contributed by atoms with van der Waals surface area (Å²) in [5, 5.41) is 13.8. The number of hydrogen-bond donors (Lipinski definition) is 2. The molecule has 0 aliphatic heterocycles. The predicted octanol–water partition coefficient (Wildman–Crippen LogP) is 5.58. The van der Waals surface area contributed by atoms with Crippen LogP contribution in [0.4, 0.5) is 0 Å². The number of carbonyl (C=O) groups is 1. The molecule has 1 aliphatic carbocycles. The first kappa shape index (κ1) is 21.1. The van der Waals surface area contributed by atoms with Crippen LogP contribution < -0.4 is 5.32 Å². The number of nitrogens with one attached hydrogen (secondary N) is 1. The molecule has 0 bridgehead atoms. The summed E-state index contributed by atoms with van der Waals surface area (Å²) in [6.45, 7) is 6.24. The van der Waals surface area contributed by atoms with E-state index >= 15 is 0 Å². The Labute approximate surface area is 176 Å². The van der Waals surface area contributed by atoms with Crippen molar-refractivity contribution in [2.24, 2.45) is 0 Å². The summed E-state index contributed by atoms with van der Waals surface area (Å²) >= 11 is 8.22. The van der Waals surface area contributed by atoms with E-state index in [9.17, 15) is 9.90 Å². The smallest absolute Gasteiger partial charge is 0.230 e. The minimum absolute atomic E-state index is 0.125. The lowest BCUT2D eigenvalue weighted by Gasteiger charge is -2.14. The number of hydrogen-bond acceptors (Lipinski definition) is 3. The number of phenols is 1. The molecule has 1 fully saturated rings. The molecule has 3 rings (SSSR count). The molecular formula is C23H28ClNO2S. The van der Waals surface area contributed by atoms with Crippen LogP contribution in [0.25, 0.3) is 0 Å². The summed E-state index contributed by atoms with van der Waals surface area (Å²) in [5.41, 5.74) is 5.52. The summed E-state index contributed by atoms with van der Waals surface area (Å²) in [5.74, 6) is 2.00. The van der Waals surface area contributed by atoms with Gasteiger partial charge in [0.2, 0.25) is 5.91 Å². The van der Waals surface area contributed by atoms with Crippen molar-refractivity contribution in [3.05, 3.63) is 63.2 Å². The van der Waals surface area contributed by atoms with Crippen LogP contribution in [0.1, 0.15) is 60.4 Å². The number of rotatable bonds is 8. The third-order valence-electron chi connectivity index (χ3n) is 5.02. The Balaban J connectivity index is 1.64. The number of thioether (sulfide) groups is 1. The summed E-state index contributed by atoms with van der Waals surface area (Å²) in [4.78, 5) is 11.8. The van der Waals surface area contributed by atoms with Gasteiger partial charge >= 0.3 is 0 Å². The molecule has 2 aromatic rings. The van der Waals surface area contributed by atoms with Crippen molar-refractivity contribution in [3.63, 3.8) is 0 Å². The molecule has 0 saturated heterocycles. The lowest BCUT2D eigenvalue weighted by atomic mass is 9.94. The summed E-state index contributed by atoms with van der Waals surface area (Å²) in [6.07, 6.45) is 2.97. The topological polar surface area (TPSA) is 49.3 Å². The first-order chi connectivity index (χ1) is 13.3. The number of amides is 1. The van der Waals surface area contributed by atoms with Crippen LogP contribution in [-0.4, -0.2) is 22.8 Å². The van der Waals surface area contributed by atoms with Gasteiger partial charge in [0.25, 0.3) is 0 Å². The van der Waals surface area contributed by atoms with Gasteiger partial charge < -0.3 is 10.4 Å². The van der Waals surface area contributed by atoms with Gasteiger partial charge in [0.15, 0.2) is 0 Å². The van der Waals surface area contributed by atoms with Crippen LogP contribution in [-0.2, 0) is 17.0 Å². The summed E-state index contributed by atoms with van der Waals surface area (Å²) < 4.78 is 0. The lowest BCUT2D eigenvalue weighted by Crippen LogP contribution is -2.27. The zero-order chi connectivity index (χ0) is 20.3. The van der Waals surface area contributed by atoms with Crippen LogP contribution in [0.15, 0.2) is 30.3 Å².